The van der Waals surface area contributed by atoms with Gasteiger partial charge in [-0.15, -0.1) is 0 Å². The van der Waals surface area contributed by atoms with Crippen molar-refractivity contribution in [2.75, 3.05) is 0 Å². The number of amides is 1. The van der Waals surface area contributed by atoms with Gasteiger partial charge in [0.25, 0.3) is 0 Å². The summed E-state index contributed by atoms with van der Waals surface area (Å²) in [7, 11) is 0. The summed E-state index contributed by atoms with van der Waals surface area (Å²) in [5, 5.41) is 12.2. The van der Waals surface area contributed by atoms with Gasteiger partial charge in [0.05, 0.1) is 6.04 Å². The Labute approximate surface area is 103 Å². The fourth-order valence-corrected chi connectivity index (χ4v) is 1.36. The number of aliphatic hydroxyl groups is 1. The van der Waals surface area contributed by atoms with Gasteiger partial charge in [-0.1, -0.05) is 13.3 Å². The number of carbonyl (C=O) groups is 2. The van der Waals surface area contributed by atoms with E-state index in [1.54, 1.807) is 20.8 Å². The third kappa shape index (κ3) is 6.94. The van der Waals surface area contributed by atoms with Crippen molar-refractivity contribution in [3.8, 4) is 0 Å². The van der Waals surface area contributed by atoms with E-state index >= 15 is 0 Å². The third-order valence-electron chi connectivity index (χ3n) is 2.10. The lowest BCUT2D eigenvalue weighted by Crippen LogP contribution is -2.47. The Morgan fingerprint density at radius 3 is 2.24 bits per heavy atom. The van der Waals surface area contributed by atoms with Gasteiger partial charge in [0.15, 0.2) is 5.78 Å². The van der Waals surface area contributed by atoms with Crippen LogP contribution in [0.15, 0.2) is 0 Å². The molecule has 0 aliphatic rings. The summed E-state index contributed by atoms with van der Waals surface area (Å²) in [4.78, 5) is 22.6. The molecule has 0 saturated carbocycles. The van der Waals surface area contributed by atoms with Gasteiger partial charge in [-0.2, -0.15) is 0 Å². The Balaban J connectivity index is 4.44. The summed E-state index contributed by atoms with van der Waals surface area (Å²) in [6, 6.07) is -0.590. The van der Waals surface area contributed by atoms with Crippen molar-refractivity contribution in [1.29, 1.82) is 0 Å². The minimum Gasteiger partial charge on any atom is -0.444 e. The van der Waals surface area contributed by atoms with Crippen LogP contribution in [0.2, 0.25) is 0 Å². The summed E-state index contributed by atoms with van der Waals surface area (Å²) in [6.45, 7) is 8.47. The maximum atomic E-state index is 11.5. The van der Waals surface area contributed by atoms with Gasteiger partial charge < -0.3 is 15.2 Å². The van der Waals surface area contributed by atoms with Crippen LogP contribution in [0, 0.1) is 0 Å². The van der Waals surface area contributed by atoms with Gasteiger partial charge in [-0.3, -0.25) is 4.79 Å². The van der Waals surface area contributed by atoms with Crippen LogP contribution in [0.3, 0.4) is 0 Å². The Morgan fingerprint density at radius 1 is 1.35 bits per heavy atom. The van der Waals surface area contributed by atoms with Crippen LogP contribution in [-0.2, 0) is 9.53 Å². The summed E-state index contributed by atoms with van der Waals surface area (Å²) in [5.74, 6) is -0.362. The van der Waals surface area contributed by atoms with Gasteiger partial charge in [0.1, 0.15) is 11.7 Å². The first-order valence-corrected chi connectivity index (χ1v) is 5.85. The SMILES string of the molecule is CCCC(NC(=O)OC(C)(C)C)C(O)C(C)=O. The number of hydrogen-bond donors (Lipinski definition) is 2. The van der Waals surface area contributed by atoms with E-state index in [4.69, 9.17) is 4.74 Å². The van der Waals surface area contributed by atoms with E-state index in [1.165, 1.54) is 6.92 Å². The van der Waals surface area contributed by atoms with Gasteiger partial charge in [-0.25, -0.2) is 4.79 Å². The van der Waals surface area contributed by atoms with Crippen LogP contribution < -0.4 is 5.32 Å². The van der Waals surface area contributed by atoms with E-state index in [0.29, 0.717) is 6.42 Å². The average molecular weight is 245 g/mol. The molecule has 17 heavy (non-hydrogen) atoms. The molecule has 0 rings (SSSR count). The molecule has 2 N–H and O–H groups in total. The molecule has 0 aliphatic heterocycles. The molecule has 0 fully saturated rings. The van der Waals surface area contributed by atoms with Crippen molar-refractivity contribution < 1.29 is 19.4 Å². The fraction of sp³-hybridized carbons (Fsp3) is 0.833. The smallest absolute Gasteiger partial charge is 0.407 e. The molecule has 0 aromatic carbocycles. The lowest BCUT2D eigenvalue weighted by Gasteiger charge is -2.25. The molecular weight excluding hydrogens is 222 g/mol. The first-order valence-electron chi connectivity index (χ1n) is 5.85. The minimum atomic E-state index is -1.18. The van der Waals surface area contributed by atoms with Crippen LogP contribution in [-0.4, -0.2) is 34.7 Å². The number of carbonyl (C=O) groups excluding carboxylic acids is 2. The van der Waals surface area contributed by atoms with Crippen LogP contribution in [0.4, 0.5) is 4.79 Å². The number of nitrogens with one attached hydrogen (secondary N) is 1. The first kappa shape index (κ1) is 15.9. The Morgan fingerprint density at radius 2 is 1.88 bits per heavy atom. The van der Waals surface area contributed by atoms with Gasteiger partial charge in [-0.05, 0) is 34.1 Å². The summed E-state index contributed by atoms with van der Waals surface area (Å²) in [6.07, 6.45) is -0.510. The highest BCUT2D eigenvalue weighted by atomic mass is 16.6. The van der Waals surface area contributed by atoms with Crippen molar-refractivity contribution in [2.45, 2.75) is 65.2 Å². The standard InChI is InChI=1S/C12H23NO4/c1-6-7-9(10(15)8(2)14)13-11(16)17-12(3,4)5/h9-10,15H,6-7H2,1-5H3,(H,13,16). The number of Topliss-reactive ketones (excluding diaryl/α,β-unsaturated/α-hetero) is 1. The van der Waals surface area contributed by atoms with E-state index in [-0.39, 0.29) is 5.78 Å². The lowest BCUT2D eigenvalue weighted by atomic mass is 10.0. The second-order valence-electron chi connectivity index (χ2n) is 5.10. The predicted octanol–water partition coefficient (Wildman–Crippen LogP) is 1.63. The van der Waals surface area contributed by atoms with Crippen molar-refractivity contribution in [3.05, 3.63) is 0 Å². The zero-order chi connectivity index (χ0) is 13.6. The molecular formula is C12H23NO4. The fourth-order valence-electron chi connectivity index (χ4n) is 1.36. The Bertz CT molecular complexity index is 270. The van der Waals surface area contributed by atoms with E-state index in [1.807, 2.05) is 6.92 Å². The van der Waals surface area contributed by atoms with Crippen molar-refractivity contribution in [2.24, 2.45) is 0 Å². The summed E-state index contributed by atoms with van der Waals surface area (Å²) in [5.41, 5.74) is -0.595. The molecule has 0 bridgehead atoms. The molecule has 0 aromatic rings. The van der Waals surface area contributed by atoms with Gasteiger partial charge in [0.2, 0.25) is 0 Å². The molecule has 0 aliphatic carbocycles. The van der Waals surface area contributed by atoms with Gasteiger partial charge >= 0.3 is 6.09 Å². The number of rotatable bonds is 5. The van der Waals surface area contributed by atoms with Crippen LogP contribution in [0.25, 0.3) is 0 Å². The lowest BCUT2D eigenvalue weighted by molar-refractivity contribution is -0.126. The Hall–Kier alpha value is -1.10. The van der Waals surface area contributed by atoms with Crippen LogP contribution in [0.5, 0.6) is 0 Å². The largest absolute Gasteiger partial charge is 0.444 e. The molecule has 0 heterocycles. The molecule has 5 nitrogen and oxygen atoms in total. The molecule has 0 radical (unpaired) electrons. The predicted molar refractivity (Wildman–Crippen MR) is 64.8 cm³/mol. The molecule has 0 aromatic heterocycles. The van der Waals surface area contributed by atoms with E-state index in [9.17, 15) is 14.7 Å². The van der Waals surface area contributed by atoms with E-state index in [2.05, 4.69) is 5.32 Å². The highest BCUT2D eigenvalue weighted by Crippen LogP contribution is 2.09. The van der Waals surface area contributed by atoms with Crippen molar-refractivity contribution >= 4 is 11.9 Å². The molecule has 100 valence electrons. The highest BCUT2D eigenvalue weighted by molar-refractivity contribution is 5.81. The zero-order valence-electron chi connectivity index (χ0n) is 11.2. The number of hydrogen-bond acceptors (Lipinski definition) is 4. The average Bonchev–Trinajstić information content (AvgIpc) is 2.12. The van der Waals surface area contributed by atoms with Crippen LogP contribution >= 0.6 is 0 Å². The zero-order valence-corrected chi connectivity index (χ0v) is 11.2. The second-order valence-corrected chi connectivity index (χ2v) is 5.10. The van der Waals surface area contributed by atoms with Crippen molar-refractivity contribution in [1.82, 2.24) is 5.32 Å². The maximum Gasteiger partial charge on any atom is 0.407 e. The highest BCUT2D eigenvalue weighted by Gasteiger charge is 2.26. The maximum absolute atomic E-state index is 11.5. The molecule has 2 unspecified atom stereocenters. The summed E-state index contributed by atoms with van der Waals surface area (Å²) < 4.78 is 5.07. The van der Waals surface area contributed by atoms with E-state index < -0.39 is 23.8 Å². The molecule has 1 amide bonds. The van der Waals surface area contributed by atoms with Gasteiger partial charge in [0, 0.05) is 0 Å². The number of ketones is 1. The number of alkyl carbamates (subject to hydrolysis) is 1. The molecule has 0 spiro atoms. The summed E-state index contributed by atoms with van der Waals surface area (Å²) >= 11 is 0. The normalized spacial score (nSPS) is 14.9. The number of ether oxygens (including phenoxy) is 1. The quantitative estimate of drug-likeness (QED) is 0.772. The topological polar surface area (TPSA) is 75.6 Å². The molecule has 0 saturated heterocycles. The molecule has 5 heteroatoms. The molecule has 2 atom stereocenters. The third-order valence-corrected chi connectivity index (χ3v) is 2.10. The monoisotopic (exact) mass is 245 g/mol. The van der Waals surface area contributed by atoms with Crippen LogP contribution in [0.1, 0.15) is 47.5 Å². The van der Waals surface area contributed by atoms with E-state index in [0.717, 1.165) is 6.42 Å². The minimum absolute atomic E-state index is 0.362. The number of aliphatic hydroxyl groups excluding tert-OH is 1. The Kier molecular flexibility index (Phi) is 6.16. The first-order chi connectivity index (χ1) is 7.67. The van der Waals surface area contributed by atoms with Crippen molar-refractivity contribution in [3.63, 3.8) is 0 Å². The second kappa shape index (κ2) is 6.59.